The molecule has 0 fully saturated rings. The molecule has 0 unspecified atom stereocenters. The summed E-state index contributed by atoms with van der Waals surface area (Å²) in [6.45, 7) is 2.67. The molecule has 0 saturated heterocycles. The van der Waals surface area contributed by atoms with Gasteiger partial charge in [0.2, 0.25) is 0 Å². The van der Waals surface area contributed by atoms with Crippen molar-refractivity contribution in [3.05, 3.63) is 29.8 Å². The molecule has 1 atom stereocenters. The molecule has 4 heteroatoms. The summed E-state index contributed by atoms with van der Waals surface area (Å²) in [6.07, 6.45) is 0.560. The third-order valence-electron chi connectivity index (χ3n) is 2.06. The molecule has 0 bridgehead atoms. The fraction of sp³-hybridized carbons (Fsp3) is 0.455. The topological polar surface area (TPSA) is 55.5 Å². The van der Waals surface area contributed by atoms with Crippen LogP contribution in [0, 0.1) is 0 Å². The van der Waals surface area contributed by atoms with E-state index in [0.29, 0.717) is 13.0 Å². The van der Waals surface area contributed by atoms with Crippen LogP contribution in [0.2, 0.25) is 0 Å². The first-order valence-corrected chi connectivity index (χ1v) is 4.87. The lowest BCUT2D eigenvalue weighted by Crippen LogP contribution is -2.13. The second-order valence-electron chi connectivity index (χ2n) is 3.09. The number of aliphatic hydroxyl groups excluding tert-OH is 1. The van der Waals surface area contributed by atoms with Gasteiger partial charge in [-0.25, -0.2) is 0 Å². The van der Waals surface area contributed by atoms with Crippen molar-refractivity contribution >= 4 is 12.4 Å². The van der Waals surface area contributed by atoms with E-state index in [4.69, 9.17) is 15.6 Å². The van der Waals surface area contributed by atoms with E-state index in [1.807, 2.05) is 31.2 Å². The lowest BCUT2D eigenvalue weighted by molar-refractivity contribution is 0.273. The summed E-state index contributed by atoms with van der Waals surface area (Å²) in [5.74, 6) is 0.816. The van der Waals surface area contributed by atoms with Gasteiger partial charge in [-0.1, -0.05) is 18.2 Å². The van der Waals surface area contributed by atoms with Crippen LogP contribution >= 0.6 is 12.4 Å². The van der Waals surface area contributed by atoms with Gasteiger partial charge >= 0.3 is 0 Å². The fourth-order valence-corrected chi connectivity index (χ4v) is 1.37. The third kappa shape index (κ3) is 4.08. The molecule has 0 radical (unpaired) electrons. The Bertz CT molecular complexity index is 281. The van der Waals surface area contributed by atoms with Gasteiger partial charge in [0, 0.05) is 18.2 Å². The van der Waals surface area contributed by atoms with Crippen molar-refractivity contribution in [1.82, 2.24) is 0 Å². The van der Waals surface area contributed by atoms with E-state index in [1.54, 1.807) is 0 Å². The van der Waals surface area contributed by atoms with Crippen molar-refractivity contribution in [2.24, 2.45) is 5.73 Å². The normalized spacial score (nSPS) is 11.7. The van der Waals surface area contributed by atoms with E-state index in [2.05, 4.69) is 0 Å². The van der Waals surface area contributed by atoms with Crippen LogP contribution in [0.15, 0.2) is 24.3 Å². The number of aliphatic hydroxyl groups is 1. The molecule has 3 nitrogen and oxygen atoms in total. The predicted molar refractivity (Wildman–Crippen MR) is 63.5 cm³/mol. The lowest BCUT2D eigenvalue weighted by atomic mass is 10.0. The van der Waals surface area contributed by atoms with Crippen LogP contribution in [-0.4, -0.2) is 18.3 Å². The summed E-state index contributed by atoms with van der Waals surface area (Å²) >= 11 is 0. The van der Waals surface area contributed by atoms with E-state index in [1.165, 1.54) is 0 Å². The van der Waals surface area contributed by atoms with Crippen LogP contribution < -0.4 is 10.5 Å². The Morgan fingerprint density at radius 2 is 2.07 bits per heavy atom. The molecule has 0 aliphatic rings. The zero-order valence-corrected chi connectivity index (χ0v) is 9.67. The van der Waals surface area contributed by atoms with E-state index in [-0.39, 0.29) is 25.1 Å². The van der Waals surface area contributed by atoms with Crippen molar-refractivity contribution in [1.29, 1.82) is 0 Å². The van der Waals surface area contributed by atoms with Crippen LogP contribution in [0.3, 0.4) is 0 Å². The second-order valence-corrected chi connectivity index (χ2v) is 3.09. The van der Waals surface area contributed by atoms with Crippen molar-refractivity contribution in [3.8, 4) is 5.75 Å². The van der Waals surface area contributed by atoms with Crippen molar-refractivity contribution < 1.29 is 9.84 Å². The zero-order valence-electron chi connectivity index (χ0n) is 8.85. The molecule has 1 aromatic carbocycles. The number of benzene rings is 1. The Morgan fingerprint density at radius 3 is 2.67 bits per heavy atom. The highest BCUT2D eigenvalue weighted by Gasteiger charge is 2.10. The van der Waals surface area contributed by atoms with Gasteiger partial charge in [0.25, 0.3) is 0 Å². The monoisotopic (exact) mass is 231 g/mol. The number of halogens is 1. The van der Waals surface area contributed by atoms with Crippen LogP contribution in [0.5, 0.6) is 5.75 Å². The molecular weight excluding hydrogens is 214 g/mol. The smallest absolute Gasteiger partial charge is 0.124 e. The summed E-state index contributed by atoms with van der Waals surface area (Å²) in [7, 11) is 0. The summed E-state index contributed by atoms with van der Waals surface area (Å²) in [4.78, 5) is 0. The summed E-state index contributed by atoms with van der Waals surface area (Å²) in [6, 6.07) is 7.53. The van der Waals surface area contributed by atoms with Gasteiger partial charge in [-0.15, -0.1) is 12.4 Å². The van der Waals surface area contributed by atoms with Crippen LogP contribution in [-0.2, 0) is 0 Å². The highest BCUT2D eigenvalue weighted by Crippen LogP contribution is 2.25. The number of hydrogen-bond donors (Lipinski definition) is 2. The molecule has 0 aromatic heterocycles. The minimum absolute atomic E-state index is 0. The molecule has 15 heavy (non-hydrogen) atoms. The zero-order chi connectivity index (χ0) is 10.4. The van der Waals surface area contributed by atoms with Gasteiger partial charge in [0.15, 0.2) is 0 Å². The maximum Gasteiger partial charge on any atom is 0.124 e. The molecule has 1 aromatic rings. The van der Waals surface area contributed by atoms with E-state index in [9.17, 15) is 0 Å². The van der Waals surface area contributed by atoms with Crippen molar-refractivity contribution in [2.75, 3.05) is 13.2 Å². The Labute approximate surface area is 96.7 Å². The average molecular weight is 232 g/mol. The van der Waals surface area contributed by atoms with Gasteiger partial charge in [0.1, 0.15) is 5.75 Å². The molecule has 0 aliphatic carbocycles. The van der Waals surface area contributed by atoms with Gasteiger partial charge in [-0.3, -0.25) is 0 Å². The molecule has 0 amide bonds. The Morgan fingerprint density at radius 1 is 1.40 bits per heavy atom. The number of nitrogens with two attached hydrogens (primary N) is 1. The first-order chi connectivity index (χ1) is 6.79. The first-order valence-electron chi connectivity index (χ1n) is 4.87. The minimum Gasteiger partial charge on any atom is -0.494 e. The standard InChI is InChI=1S/C11H17NO2.ClH/c1-2-14-11-6-4-3-5-9(11)10(12)7-8-13;/h3-6,10,13H,2,7-8,12H2,1H3;1H/t10-;/m1./s1. The quantitative estimate of drug-likeness (QED) is 0.814. The van der Waals surface area contributed by atoms with Gasteiger partial charge in [-0.05, 0) is 19.4 Å². The Kier molecular flexibility index (Phi) is 7.13. The number of ether oxygens (including phenoxy) is 1. The molecule has 86 valence electrons. The maximum atomic E-state index is 8.80. The molecule has 0 aliphatic heterocycles. The van der Waals surface area contributed by atoms with Gasteiger partial charge in [-0.2, -0.15) is 0 Å². The molecular formula is C11H18ClNO2. The third-order valence-corrected chi connectivity index (χ3v) is 2.06. The second kappa shape index (κ2) is 7.51. The maximum absolute atomic E-state index is 8.80. The summed E-state index contributed by atoms with van der Waals surface area (Å²) in [5, 5.41) is 8.80. The van der Waals surface area contributed by atoms with E-state index in [0.717, 1.165) is 11.3 Å². The summed E-state index contributed by atoms with van der Waals surface area (Å²) < 4.78 is 5.44. The van der Waals surface area contributed by atoms with Crippen LogP contribution in [0.4, 0.5) is 0 Å². The Hall–Kier alpha value is -0.770. The minimum atomic E-state index is -0.150. The Balaban J connectivity index is 0.00000196. The van der Waals surface area contributed by atoms with Gasteiger partial charge < -0.3 is 15.6 Å². The average Bonchev–Trinajstić information content (AvgIpc) is 2.19. The van der Waals surface area contributed by atoms with Crippen molar-refractivity contribution in [3.63, 3.8) is 0 Å². The highest BCUT2D eigenvalue weighted by atomic mass is 35.5. The largest absolute Gasteiger partial charge is 0.494 e. The number of hydrogen-bond acceptors (Lipinski definition) is 3. The van der Waals surface area contributed by atoms with Crippen molar-refractivity contribution in [2.45, 2.75) is 19.4 Å². The fourth-order valence-electron chi connectivity index (χ4n) is 1.37. The summed E-state index contributed by atoms with van der Waals surface area (Å²) in [5.41, 5.74) is 6.86. The predicted octanol–water partition coefficient (Wildman–Crippen LogP) is 1.89. The lowest BCUT2D eigenvalue weighted by Gasteiger charge is -2.15. The van der Waals surface area contributed by atoms with Gasteiger partial charge in [0.05, 0.1) is 6.61 Å². The SMILES string of the molecule is CCOc1ccccc1[C@H](N)CCO.Cl. The van der Waals surface area contributed by atoms with Crippen LogP contribution in [0.1, 0.15) is 24.9 Å². The molecule has 1 rings (SSSR count). The van der Waals surface area contributed by atoms with Crippen LogP contribution in [0.25, 0.3) is 0 Å². The van der Waals surface area contributed by atoms with E-state index < -0.39 is 0 Å². The number of rotatable bonds is 5. The molecule has 3 N–H and O–H groups in total. The molecule has 0 heterocycles. The first kappa shape index (κ1) is 14.2. The van der Waals surface area contributed by atoms with E-state index >= 15 is 0 Å². The molecule has 0 saturated carbocycles. The highest BCUT2D eigenvalue weighted by molar-refractivity contribution is 5.85. The number of para-hydroxylation sites is 1. The molecule has 0 spiro atoms.